The molecule has 1 aliphatic carbocycles. The van der Waals surface area contributed by atoms with Crippen molar-refractivity contribution in [3.8, 4) is 11.8 Å². The van der Waals surface area contributed by atoms with E-state index in [2.05, 4.69) is 17.2 Å². The van der Waals surface area contributed by atoms with E-state index in [1.807, 2.05) is 20.8 Å². The SMILES string of the molecule is CC(C)(C)N(CCCOCCOCCOCCCNC(=O)C1(F)C#CCCCCC1)C(=O)O. The van der Waals surface area contributed by atoms with Crippen LogP contribution in [-0.2, 0) is 19.0 Å². The highest BCUT2D eigenvalue weighted by atomic mass is 19.1. The Kier molecular flexibility index (Phi) is 14.0. The Balaban J connectivity index is 1.95. The van der Waals surface area contributed by atoms with Crippen molar-refractivity contribution in [2.75, 3.05) is 52.7 Å². The topological polar surface area (TPSA) is 97.3 Å². The third kappa shape index (κ3) is 12.8. The first-order valence-corrected chi connectivity index (χ1v) is 11.9. The van der Waals surface area contributed by atoms with E-state index in [1.165, 1.54) is 4.90 Å². The quantitative estimate of drug-likeness (QED) is 0.280. The first-order chi connectivity index (χ1) is 15.7. The Morgan fingerprint density at radius 3 is 2.21 bits per heavy atom. The smallest absolute Gasteiger partial charge is 0.407 e. The zero-order valence-electron chi connectivity index (χ0n) is 20.4. The van der Waals surface area contributed by atoms with E-state index in [0.717, 1.165) is 12.8 Å². The summed E-state index contributed by atoms with van der Waals surface area (Å²) < 4.78 is 31.0. The normalized spacial score (nSPS) is 18.5. The minimum Gasteiger partial charge on any atom is -0.465 e. The molecule has 1 rings (SSSR count). The lowest BCUT2D eigenvalue weighted by atomic mass is 9.94. The predicted octanol–water partition coefficient (Wildman–Crippen LogP) is 3.39. The van der Waals surface area contributed by atoms with Crippen LogP contribution in [0.1, 0.15) is 65.7 Å². The van der Waals surface area contributed by atoms with Crippen molar-refractivity contribution in [1.29, 1.82) is 0 Å². The van der Waals surface area contributed by atoms with Crippen molar-refractivity contribution < 1.29 is 33.3 Å². The molecule has 1 atom stereocenters. The van der Waals surface area contributed by atoms with Gasteiger partial charge in [0.2, 0.25) is 5.67 Å². The molecule has 1 unspecified atom stereocenters. The molecular formula is C24H41FN2O6. The molecule has 0 aliphatic heterocycles. The van der Waals surface area contributed by atoms with Crippen molar-refractivity contribution in [3.63, 3.8) is 0 Å². The molecule has 0 aromatic heterocycles. The van der Waals surface area contributed by atoms with Crippen LogP contribution in [-0.4, -0.2) is 85.9 Å². The van der Waals surface area contributed by atoms with E-state index < -0.39 is 23.2 Å². The van der Waals surface area contributed by atoms with Crippen molar-refractivity contribution in [2.24, 2.45) is 0 Å². The first kappa shape index (κ1) is 29.1. The highest BCUT2D eigenvalue weighted by molar-refractivity contribution is 5.88. The molecule has 0 radical (unpaired) electrons. The Labute approximate surface area is 197 Å². The van der Waals surface area contributed by atoms with Crippen LogP contribution in [0.4, 0.5) is 9.18 Å². The number of carbonyl (C=O) groups excluding carboxylic acids is 1. The monoisotopic (exact) mass is 472 g/mol. The number of nitrogens with one attached hydrogen (secondary N) is 1. The fourth-order valence-corrected chi connectivity index (χ4v) is 3.30. The second kappa shape index (κ2) is 15.9. The molecular weight excluding hydrogens is 431 g/mol. The summed E-state index contributed by atoms with van der Waals surface area (Å²) in [5.41, 5.74) is -2.50. The van der Waals surface area contributed by atoms with Crippen molar-refractivity contribution in [2.45, 2.75) is 76.9 Å². The fraction of sp³-hybridized carbons (Fsp3) is 0.833. The average molecular weight is 473 g/mol. The molecule has 190 valence electrons. The number of alkyl halides is 1. The minimum absolute atomic E-state index is 0.154. The van der Waals surface area contributed by atoms with Crippen LogP contribution in [0.3, 0.4) is 0 Å². The van der Waals surface area contributed by atoms with Crippen LogP contribution < -0.4 is 5.32 Å². The van der Waals surface area contributed by atoms with Gasteiger partial charge in [-0.2, -0.15) is 0 Å². The maximum Gasteiger partial charge on any atom is 0.407 e. The molecule has 0 aromatic rings. The summed E-state index contributed by atoms with van der Waals surface area (Å²) in [6.45, 7) is 8.98. The predicted molar refractivity (Wildman–Crippen MR) is 124 cm³/mol. The third-order valence-electron chi connectivity index (χ3n) is 5.18. The summed E-state index contributed by atoms with van der Waals surface area (Å²) in [4.78, 5) is 24.7. The van der Waals surface area contributed by atoms with E-state index in [-0.39, 0.29) is 6.42 Å². The van der Waals surface area contributed by atoms with Gasteiger partial charge in [-0.15, -0.1) is 0 Å². The average Bonchev–Trinajstić information content (AvgIpc) is 2.72. The molecule has 0 bridgehead atoms. The third-order valence-corrected chi connectivity index (χ3v) is 5.18. The molecule has 2 N–H and O–H groups in total. The molecule has 0 fully saturated rings. The highest BCUT2D eigenvalue weighted by Crippen LogP contribution is 2.22. The zero-order valence-corrected chi connectivity index (χ0v) is 20.4. The van der Waals surface area contributed by atoms with Crippen molar-refractivity contribution >= 4 is 12.0 Å². The summed E-state index contributed by atoms with van der Waals surface area (Å²) in [7, 11) is 0. The molecule has 9 heteroatoms. The van der Waals surface area contributed by atoms with Gasteiger partial charge in [0, 0.05) is 44.7 Å². The van der Waals surface area contributed by atoms with Gasteiger partial charge in [0.25, 0.3) is 5.91 Å². The van der Waals surface area contributed by atoms with Gasteiger partial charge in [-0.3, -0.25) is 4.79 Å². The maximum atomic E-state index is 14.7. The van der Waals surface area contributed by atoms with Gasteiger partial charge in [0.15, 0.2) is 0 Å². The van der Waals surface area contributed by atoms with Crippen LogP contribution >= 0.6 is 0 Å². The Bertz CT molecular complexity index is 643. The van der Waals surface area contributed by atoms with Gasteiger partial charge < -0.3 is 29.5 Å². The van der Waals surface area contributed by atoms with Crippen LogP contribution in [0.2, 0.25) is 0 Å². The molecule has 0 saturated carbocycles. The molecule has 0 heterocycles. The van der Waals surface area contributed by atoms with Gasteiger partial charge in [-0.05, 0) is 46.5 Å². The lowest BCUT2D eigenvalue weighted by molar-refractivity contribution is -0.129. The lowest BCUT2D eigenvalue weighted by Gasteiger charge is -2.33. The van der Waals surface area contributed by atoms with Gasteiger partial charge in [0.1, 0.15) is 0 Å². The van der Waals surface area contributed by atoms with Crippen molar-refractivity contribution in [1.82, 2.24) is 10.2 Å². The first-order valence-electron chi connectivity index (χ1n) is 11.9. The largest absolute Gasteiger partial charge is 0.465 e. The van der Waals surface area contributed by atoms with Crippen LogP contribution in [0.25, 0.3) is 0 Å². The maximum absolute atomic E-state index is 14.7. The van der Waals surface area contributed by atoms with Gasteiger partial charge in [-0.1, -0.05) is 18.3 Å². The van der Waals surface area contributed by atoms with Crippen LogP contribution in [0, 0.1) is 11.8 Å². The number of carbonyl (C=O) groups is 2. The van der Waals surface area contributed by atoms with Gasteiger partial charge in [0.05, 0.1) is 26.4 Å². The molecule has 0 spiro atoms. The summed E-state index contributed by atoms with van der Waals surface area (Å²) in [5.74, 6) is 4.62. The summed E-state index contributed by atoms with van der Waals surface area (Å²) in [5, 5.41) is 11.8. The molecule has 8 nitrogen and oxygen atoms in total. The number of rotatable bonds is 15. The number of nitrogens with zero attached hydrogens (tertiary/aromatic N) is 1. The number of amides is 2. The van der Waals surface area contributed by atoms with E-state index in [1.54, 1.807) is 0 Å². The Hall–Kier alpha value is -1.89. The van der Waals surface area contributed by atoms with E-state index in [4.69, 9.17) is 14.2 Å². The van der Waals surface area contributed by atoms with E-state index >= 15 is 0 Å². The van der Waals surface area contributed by atoms with E-state index in [0.29, 0.717) is 78.4 Å². The Morgan fingerprint density at radius 2 is 1.61 bits per heavy atom. The molecule has 1 aliphatic rings. The lowest BCUT2D eigenvalue weighted by Crippen LogP contribution is -2.45. The standard InChI is InChI=1S/C24H41FN2O6/c1-23(2,3)27(22(29)30)14-10-16-32-18-20-33-19-17-31-15-9-13-26-21(28)24(25)11-7-5-4-6-8-12-24/h4-7,9-11,13-20H2,1-3H3,(H,26,28)(H,29,30). The number of halogens is 1. The summed E-state index contributed by atoms with van der Waals surface area (Å²) >= 11 is 0. The van der Waals surface area contributed by atoms with E-state index in [9.17, 15) is 19.1 Å². The number of carboxylic acid groups (broad SMARTS) is 1. The number of hydrogen-bond donors (Lipinski definition) is 2. The summed E-state index contributed by atoms with van der Waals surface area (Å²) in [6, 6.07) is 0. The van der Waals surface area contributed by atoms with Crippen LogP contribution in [0.15, 0.2) is 0 Å². The number of hydrogen-bond acceptors (Lipinski definition) is 5. The van der Waals surface area contributed by atoms with Crippen LogP contribution in [0.5, 0.6) is 0 Å². The summed E-state index contributed by atoms with van der Waals surface area (Å²) in [6.07, 6.45) is 3.62. The molecule has 33 heavy (non-hydrogen) atoms. The zero-order chi connectivity index (χ0) is 24.6. The highest BCUT2D eigenvalue weighted by Gasteiger charge is 2.36. The van der Waals surface area contributed by atoms with Gasteiger partial charge >= 0.3 is 6.09 Å². The second-order valence-corrected chi connectivity index (χ2v) is 9.07. The van der Waals surface area contributed by atoms with Crippen molar-refractivity contribution in [3.05, 3.63) is 0 Å². The fourth-order valence-electron chi connectivity index (χ4n) is 3.30. The van der Waals surface area contributed by atoms with Gasteiger partial charge in [-0.25, -0.2) is 9.18 Å². The number of ether oxygens (including phenoxy) is 3. The second-order valence-electron chi connectivity index (χ2n) is 9.07. The molecule has 2 amide bonds. The minimum atomic E-state index is -2.07. The molecule has 0 aromatic carbocycles. The molecule has 0 saturated heterocycles. The Morgan fingerprint density at radius 1 is 1.00 bits per heavy atom.